The summed E-state index contributed by atoms with van der Waals surface area (Å²) < 4.78 is 0. The molecule has 2 unspecified atom stereocenters. The molecule has 0 fully saturated rings. The summed E-state index contributed by atoms with van der Waals surface area (Å²) in [5.74, 6) is 0.195. The minimum Gasteiger partial charge on any atom is -0.392 e. The Morgan fingerprint density at radius 1 is 1.25 bits per heavy atom. The third kappa shape index (κ3) is 22.5. The highest BCUT2D eigenvalue weighted by atomic mass is 35.5. The van der Waals surface area contributed by atoms with Crippen LogP contribution in [0.2, 0.25) is 0 Å². The molecule has 0 radical (unpaired) electrons. The molecular weight excluding hydrogens is 244 g/mol. The first-order chi connectivity index (χ1) is 5.66. The van der Waals surface area contributed by atoms with E-state index in [4.69, 9.17) is 34.0 Å². The number of halogens is 4. The fourth-order valence-corrected chi connectivity index (χ4v) is 0.655. The molecule has 0 aromatic heterocycles. The maximum absolute atomic E-state index is 8.73. The third-order valence-corrected chi connectivity index (χ3v) is 1.21. The summed E-state index contributed by atoms with van der Waals surface area (Å²) in [6, 6.07) is 0. The molecule has 0 aliphatic rings. The van der Waals surface area contributed by atoms with E-state index in [0.29, 0.717) is 6.42 Å². The molecular formula is C6H15Cl4NO. The first-order valence-electron chi connectivity index (χ1n) is 3.06. The van der Waals surface area contributed by atoms with Gasteiger partial charge in [-0.05, 0) is 0 Å². The largest absolute Gasteiger partial charge is 0.392 e. The Labute approximate surface area is 93.9 Å². The minimum absolute atomic E-state index is 0.195. The zero-order chi connectivity index (χ0) is 10.6. The van der Waals surface area contributed by atoms with E-state index in [1.807, 2.05) is 0 Å². The molecule has 2 atom stereocenters. The van der Waals surface area contributed by atoms with Crippen LogP contribution in [-0.4, -0.2) is 35.4 Å². The number of aliphatic hydroxyl groups excluding tert-OH is 1. The van der Waals surface area contributed by atoms with Gasteiger partial charge in [-0.15, -0.1) is 46.4 Å². The number of alkyl halides is 4. The van der Waals surface area contributed by atoms with Gasteiger partial charge in [-0.25, -0.2) is 0 Å². The zero-order valence-corrected chi connectivity index (χ0v) is 10.1. The molecule has 0 saturated heterocycles. The topological polar surface area (TPSA) is 46.2 Å². The molecule has 0 aromatic carbocycles. The van der Waals surface area contributed by atoms with Crippen molar-refractivity contribution in [2.75, 3.05) is 18.6 Å². The van der Waals surface area contributed by atoms with Gasteiger partial charge < -0.3 is 10.8 Å². The Morgan fingerprint density at radius 2 is 1.58 bits per heavy atom. The van der Waals surface area contributed by atoms with E-state index in [9.17, 15) is 0 Å². The molecule has 6 heteroatoms. The second-order valence-corrected chi connectivity index (χ2v) is 2.43. The van der Waals surface area contributed by atoms with Crippen molar-refractivity contribution in [3.63, 3.8) is 0 Å². The predicted octanol–water partition coefficient (Wildman–Crippen LogP) is 2.21. The van der Waals surface area contributed by atoms with Crippen LogP contribution in [0.1, 0.15) is 6.42 Å². The van der Waals surface area contributed by atoms with Gasteiger partial charge in [-0.1, -0.05) is 0 Å². The first-order valence-corrected chi connectivity index (χ1v) is 5.54. The van der Waals surface area contributed by atoms with Crippen LogP contribution < -0.4 is 5.73 Å². The van der Waals surface area contributed by atoms with Gasteiger partial charge >= 0.3 is 0 Å². The lowest BCUT2D eigenvalue weighted by Gasteiger charge is -2.06. The van der Waals surface area contributed by atoms with Gasteiger partial charge in [0.05, 0.1) is 11.6 Å². The van der Waals surface area contributed by atoms with Crippen LogP contribution in [0.15, 0.2) is 0 Å². The fourth-order valence-electron chi connectivity index (χ4n) is 0.323. The van der Waals surface area contributed by atoms with Crippen molar-refractivity contribution in [3.8, 4) is 0 Å². The van der Waals surface area contributed by atoms with Crippen LogP contribution in [0.5, 0.6) is 0 Å². The van der Waals surface area contributed by atoms with E-state index >= 15 is 0 Å². The number of hydrogen-bond acceptors (Lipinski definition) is 2. The Bertz CT molecular complexity index is 65.5. The SMILES string of the molecule is CCl.CCl.NC(Cl)CC(O)CCl. The highest BCUT2D eigenvalue weighted by Crippen LogP contribution is 2.00. The second kappa shape index (κ2) is 18.0. The van der Waals surface area contributed by atoms with Crippen molar-refractivity contribution in [1.29, 1.82) is 0 Å². The molecule has 78 valence electrons. The first kappa shape index (κ1) is 18.8. The molecule has 0 aliphatic carbocycles. The summed E-state index contributed by atoms with van der Waals surface area (Å²) in [4.78, 5) is 0. The summed E-state index contributed by atoms with van der Waals surface area (Å²) in [6.07, 6.45) is 2.73. The number of aliphatic hydroxyl groups is 1. The standard InChI is InChI=1S/C4H9Cl2NO.2CH3Cl/c5-2-3(8)1-4(6)7;2*1-2/h3-4,8H,1-2,7H2;2*1H3. The van der Waals surface area contributed by atoms with Crippen molar-refractivity contribution < 1.29 is 5.11 Å². The second-order valence-electron chi connectivity index (χ2n) is 1.56. The molecule has 12 heavy (non-hydrogen) atoms. The molecule has 3 N–H and O–H groups in total. The van der Waals surface area contributed by atoms with Crippen LogP contribution in [0.3, 0.4) is 0 Å². The average Bonchev–Trinajstić information content (AvgIpc) is 2.10. The van der Waals surface area contributed by atoms with Crippen LogP contribution in [0.4, 0.5) is 0 Å². The molecule has 0 bridgehead atoms. The van der Waals surface area contributed by atoms with Gasteiger partial charge in [-0.2, -0.15) is 0 Å². The minimum atomic E-state index is -0.566. The zero-order valence-electron chi connectivity index (χ0n) is 7.11. The van der Waals surface area contributed by atoms with E-state index in [1.165, 1.54) is 12.8 Å². The van der Waals surface area contributed by atoms with Crippen molar-refractivity contribution in [1.82, 2.24) is 0 Å². The molecule has 2 nitrogen and oxygen atoms in total. The van der Waals surface area contributed by atoms with E-state index in [1.54, 1.807) is 0 Å². The highest BCUT2D eigenvalue weighted by Gasteiger charge is 2.05. The Morgan fingerprint density at radius 3 is 1.67 bits per heavy atom. The van der Waals surface area contributed by atoms with Gasteiger partial charge in [0.2, 0.25) is 0 Å². The Hall–Kier alpha value is 1.08. The van der Waals surface area contributed by atoms with Crippen LogP contribution >= 0.6 is 46.4 Å². The van der Waals surface area contributed by atoms with Gasteiger partial charge in [0, 0.05) is 25.1 Å². The van der Waals surface area contributed by atoms with Gasteiger partial charge in [-0.3, -0.25) is 0 Å². The average molecular weight is 259 g/mol. The quantitative estimate of drug-likeness (QED) is 0.602. The molecule has 0 saturated carbocycles. The van der Waals surface area contributed by atoms with Crippen molar-refractivity contribution >= 4 is 46.4 Å². The lowest BCUT2D eigenvalue weighted by molar-refractivity contribution is 0.187. The van der Waals surface area contributed by atoms with Gasteiger partial charge in [0.1, 0.15) is 0 Å². The normalized spacial score (nSPS) is 13.0. The molecule has 0 heterocycles. The molecule has 0 aliphatic heterocycles. The van der Waals surface area contributed by atoms with E-state index in [-0.39, 0.29) is 5.88 Å². The van der Waals surface area contributed by atoms with Crippen molar-refractivity contribution in [2.24, 2.45) is 5.73 Å². The number of rotatable bonds is 3. The summed E-state index contributed by atoms with van der Waals surface area (Å²) in [5.41, 5.74) is 4.63. The fraction of sp³-hybridized carbons (Fsp3) is 1.00. The van der Waals surface area contributed by atoms with Crippen LogP contribution in [-0.2, 0) is 0 Å². The maximum Gasteiger partial charge on any atom is 0.0825 e. The summed E-state index contributed by atoms with van der Waals surface area (Å²) in [5, 5.41) is 8.73. The maximum atomic E-state index is 8.73. The smallest absolute Gasteiger partial charge is 0.0825 e. The third-order valence-electron chi connectivity index (χ3n) is 0.675. The molecule has 0 spiro atoms. The van der Waals surface area contributed by atoms with Gasteiger partial charge in [0.25, 0.3) is 0 Å². The molecule has 0 aromatic rings. The Kier molecular flexibility index (Phi) is 28.2. The van der Waals surface area contributed by atoms with Crippen molar-refractivity contribution in [3.05, 3.63) is 0 Å². The Balaban J connectivity index is -0.000000175. The van der Waals surface area contributed by atoms with Crippen LogP contribution in [0.25, 0.3) is 0 Å². The highest BCUT2D eigenvalue weighted by molar-refractivity contribution is 6.20. The lowest BCUT2D eigenvalue weighted by atomic mass is 10.3. The number of nitrogens with two attached hydrogens (primary N) is 1. The van der Waals surface area contributed by atoms with E-state index in [0.717, 1.165) is 0 Å². The summed E-state index contributed by atoms with van der Waals surface area (Å²) >= 11 is 19.8. The van der Waals surface area contributed by atoms with Crippen LogP contribution in [0, 0.1) is 0 Å². The lowest BCUT2D eigenvalue weighted by Crippen LogP contribution is -2.21. The van der Waals surface area contributed by atoms with Gasteiger partial charge in [0.15, 0.2) is 0 Å². The summed E-state index contributed by atoms with van der Waals surface area (Å²) in [6.45, 7) is 0. The van der Waals surface area contributed by atoms with E-state index < -0.39 is 11.6 Å². The number of hydrogen-bond donors (Lipinski definition) is 2. The van der Waals surface area contributed by atoms with Crippen molar-refractivity contribution in [2.45, 2.75) is 18.0 Å². The predicted molar refractivity (Wildman–Crippen MR) is 58.7 cm³/mol. The van der Waals surface area contributed by atoms with E-state index in [2.05, 4.69) is 23.2 Å². The summed E-state index contributed by atoms with van der Waals surface area (Å²) in [7, 11) is 0. The monoisotopic (exact) mass is 257 g/mol. The molecule has 0 amide bonds. The molecule has 0 rings (SSSR count).